The van der Waals surface area contributed by atoms with Crippen molar-refractivity contribution in [2.45, 2.75) is 6.92 Å². The molecule has 0 aliphatic rings. The number of aromatic carboxylic acids is 1. The van der Waals surface area contributed by atoms with E-state index in [1.54, 1.807) is 13.0 Å². The van der Waals surface area contributed by atoms with Gasteiger partial charge in [-0.05, 0) is 30.7 Å². The van der Waals surface area contributed by atoms with Crippen molar-refractivity contribution in [1.29, 1.82) is 0 Å². The molecule has 1 aromatic carbocycles. The number of carboxylic acids is 1. The van der Waals surface area contributed by atoms with Gasteiger partial charge in [-0.1, -0.05) is 6.58 Å². The number of phenols is 1. The van der Waals surface area contributed by atoms with Crippen molar-refractivity contribution in [2.24, 2.45) is 0 Å². The third-order valence-electron chi connectivity index (χ3n) is 2.31. The van der Waals surface area contributed by atoms with Crippen molar-refractivity contribution >= 4 is 22.5 Å². The molecule has 2 aromatic rings. The number of benzene rings is 1. The van der Waals surface area contributed by atoms with Crippen molar-refractivity contribution in [2.75, 3.05) is 0 Å². The highest BCUT2D eigenvalue weighted by molar-refractivity contribution is 6.05. The number of fused-ring (bicyclic) bond motifs is 1. The standard InChI is InChI=1S/C12H10O4/c1-6(2)10-5-7-9(16-10)4-3-8(13)11(7)12(14)15/h3-5,13H,1H2,2H3,(H,14,15). The maximum Gasteiger partial charge on any atom is 0.340 e. The van der Waals surface area contributed by atoms with Gasteiger partial charge >= 0.3 is 5.97 Å². The zero-order valence-electron chi connectivity index (χ0n) is 8.65. The lowest BCUT2D eigenvalue weighted by molar-refractivity contribution is 0.0696. The topological polar surface area (TPSA) is 70.7 Å². The molecule has 2 N–H and O–H groups in total. The lowest BCUT2D eigenvalue weighted by atomic mass is 10.1. The molecule has 4 heteroatoms. The lowest BCUT2D eigenvalue weighted by Gasteiger charge is -1.98. The molecule has 0 amide bonds. The van der Waals surface area contributed by atoms with Crippen molar-refractivity contribution in [3.63, 3.8) is 0 Å². The number of carbonyl (C=O) groups is 1. The molecule has 0 aliphatic heterocycles. The SMILES string of the molecule is C=C(C)c1cc2c(C(=O)O)c(O)ccc2o1. The Morgan fingerprint density at radius 1 is 1.44 bits per heavy atom. The minimum atomic E-state index is -1.18. The summed E-state index contributed by atoms with van der Waals surface area (Å²) in [4.78, 5) is 11.0. The van der Waals surface area contributed by atoms with Crippen LogP contribution < -0.4 is 0 Å². The Kier molecular flexibility index (Phi) is 2.20. The average molecular weight is 218 g/mol. The van der Waals surface area contributed by atoms with Gasteiger partial charge in [0.2, 0.25) is 0 Å². The fourth-order valence-electron chi connectivity index (χ4n) is 1.54. The third kappa shape index (κ3) is 1.44. The maximum atomic E-state index is 11.0. The Bertz CT molecular complexity index is 592. The van der Waals surface area contributed by atoms with Crippen molar-refractivity contribution in [3.8, 4) is 5.75 Å². The zero-order chi connectivity index (χ0) is 11.9. The van der Waals surface area contributed by atoms with Gasteiger partial charge in [-0.3, -0.25) is 0 Å². The highest BCUT2D eigenvalue weighted by atomic mass is 16.4. The number of rotatable bonds is 2. The summed E-state index contributed by atoms with van der Waals surface area (Å²) in [6, 6.07) is 4.40. The minimum Gasteiger partial charge on any atom is -0.507 e. The van der Waals surface area contributed by atoms with Crippen LogP contribution in [0.1, 0.15) is 23.0 Å². The Morgan fingerprint density at radius 3 is 2.69 bits per heavy atom. The number of hydrogen-bond acceptors (Lipinski definition) is 3. The van der Waals surface area contributed by atoms with Gasteiger partial charge in [0.15, 0.2) is 0 Å². The predicted molar refractivity (Wildman–Crippen MR) is 59.5 cm³/mol. The highest BCUT2D eigenvalue weighted by Gasteiger charge is 2.17. The van der Waals surface area contributed by atoms with Crippen LogP contribution in [0.15, 0.2) is 29.2 Å². The first-order valence-electron chi connectivity index (χ1n) is 4.65. The third-order valence-corrected chi connectivity index (χ3v) is 2.31. The summed E-state index contributed by atoms with van der Waals surface area (Å²) in [5.41, 5.74) is 0.981. The van der Waals surface area contributed by atoms with Crippen LogP contribution in [0.4, 0.5) is 0 Å². The summed E-state index contributed by atoms with van der Waals surface area (Å²) < 4.78 is 5.40. The number of carboxylic acid groups (broad SMARTS) is 1. The molecule has 0 saturated heterocycles. The second-order valence-electron chi connectivity index (χ2n) is 3.57. The van der Waals surface area contributed by atoms with Crippen LogP contribution in [0.5, 0.6) is 5.75 Å². The van der Waals surface area contributed by atoms with Gasteiger partial charge in [0, 0.05) is 5.39 Å². The van der Waals surface area contributed by atoms with E-state index in [0.29, 0.717) is 22.3 Å². The van der Waals surface area contributed by atoms with Crippen LogP contribution in [-0.4, -0.2) is 16.2 Å². The van der Waals surface area contributed by atoms with Crippen LogP contribution in [-0.2, 0) is 0 Å². The Labute approximate surface area is 91.4 Å². The van der Waals surface area contributed by atoms with Crippen LogP contribution >= 0.6 is 0 Å². The molecule has 0 unspecified atom stereocenters. The normalized spacial score (nSPS) is 10.6. The summed E-state index contributed by atoms with van der Waals surface area (Å²) in [6.07, 6.45) is 0. The largest absolute Gasteiger partial charge is 0.507 e. The summed E-state index contributed by atoms with van der Waals surface area (Å²) in [5, 5.41) is 18.8. The average Bonchev–Trinajstić information content (AvgIpc) is 2.60. The number of furan rings is 1. The summed E-state index contributed by atoms with van der Waals surface area (Å²) in [6.45, 7) is 5.48. The Hall–Kier alpha value is -2.23. The first-order chi connectivity index (χ1) is 7.50. The minimum absolute atomic E-state index is 0.145. The molecule has 0 fully saturated rings. The first kappa shape index (κ1) is 10.3. The molecule has 0 saturated carbocycles. The second kappa shape index (κ2) is 3.41. The van der Waals surface area contributed by atoms with Gasteiger partial charge in [0.25, 0.3) is 0 Å². The van der Waals surface area contributed by atoms with Crippen LogP contribution in [0.2, 0.25) is 0 Å². The van der Waals surface area contributed by atoms with E-state index in [0.717, 1.165) is 0 Å². The molecule has 2 rings (SSSR count). The predicted octanol–water partition coefficient (Wildman–Crippen LogP) is 2.87. The lowest BCUT2D eigenvalue weighted by Crippen LogP contribution is -1.96. The van der Waals surface area contributed by atoms with E-state index in [2.05, 4.69) is 6.58 Å². The van der Waals surface area contributed by atoms with Crippen LogP contribution in [0.3, 0.4) is 0 Å². The summed E-state index contributed by atoms with van der Waals surface area (Å²) in [5.74, 6) is -0.936. The Morgan fingerprint density at radius 2 is 2.12 bits per heavy atom. The van der Waals surface area contributed by atoms with Gasteiger partial charge < -0.3 is 14.6 Å². The monoisotopic (exact) mass is 218 g/mol. The fraction of sp³-hybridized carbons (Fsp3) is 0.0833. The van der Waals surface area contributed by atoms with E-state index in [1.165, 1.54) is 12.1 Å². The zero-order valence-corrected chi connectivity index (χ0v) is 8.65. The number of allylic oxidation sites excluding steroid dienone is 1. The number of hydrogen-bond donors (Lipinski definition) is 2. The van der Waals surface area contributed by atoms with E-state index >= 15 is 0 Å². The first-order valence-corrected chi connectivity index (χ1v) is 4.65. The fourth-order valence-corrected chi connectivity index (χ4v) is 1.54. The molecule has 1 aromatic heterocycles. The molecular formula is C12H10O4. The number of aromatic hydroxyl groups is 1. The summed E-state index contributed by atoms with van der Waals surface area (Å²) in [7, 11) is 0. The van der Waals surface area contributed by atoms with E-state index in [1.807, 2.05) is 0 Å². The maximum absolute atomic E-state index is 11.0. The van der Waals surface area contributed by atoms with Gasteiger partial charge in [0.1, 0.15) is 22.7 Å². The van der Waals surface area contributed by atoms with E-state index in [4.69, 9.17) is 9.52 Å². The smallest absolute Gasteiger partial charge is 0.340 e. The molecule has 0 radical (unpaired) electrons. The van der Waals surface area contributed by atoms with Crippen LogP contribution in [0.25, 0.3) is 16.5 Å². The van der Waals surface area contributed by atoms with Crippen molar-refractivity contribution in [1.82, 2.24) is 0 Å². The second-order valence-corrected chi connectivity index (χ2v) is 3.57. The van der Waals surface area contributed by atoms with Gasteiger partial charge in [-0.2, -0.15) is 0 Å². The Balaban J connectivity index is 2.82. The van der Waals surface area contributed by atoms with Gasteiger partial charge in [-0.15, -0.1) is 0 Å². The molecule has 1 heterocycles. The molecule has 16 heavy (non-hydrogen) atoms. The van der Waals surface area contributed by atoms with E-state index in [9.17, 15) is 9.90 Å². The molecule has 82 valence electrons. The van der Waals surface area contributed by atoms with E-state index < -0.39 is 5.97 Å². The molecule has 0 spiro atoms. The van der Waals surface area contributed by atoms with Gasteiger partial charge in [-0.25, -0.2) is 4.79 Å². The van der Waals surface area contributed by atoms with Crippen molar-refractivity contribution < 1.29 is 19.4 Å². The molecule has 4 nitrogen and oxygen atoms in total. The van der Waals surface area contributed by atoms with E-state index in [-0.39, 0.29) is 11.3 Å². The van der Waals surface area contributed by atoms with Gasteiger partial charge in [0.05, 0.1) is 0 Å². The molecule has 0 atom stereocenters. The quantitative estimate of drug-likeness (QED) is 0.813. The molecular weight excluding hydrogens is 208 g/mol. The summed E-state index contributed by atoms with van der Waals surface area (Å²) >= 11 is 0. The molecule has 0 bridgehead atoms. The van der Waals surface area contributed by atoms with Crippen LogP contribution in [0, 0.1) is 0 Å². The highest BCUT2D eigenvalue weighted by Crippen LogP contribution is 2.31. The van der Waals surface area contributed by atoms with Crippen molar-refractivity contribution in [3.05, 3.63) is 36.1 Å². The molecule has 0 aliphatic carbocycles.